The topological polar surface area (TPSA) is 79.7 Å². The van der Waals surface area contributed by atoms with Crippen LogP contribution >= 0.6 is 15.9 Å². The molecular weight excluding hydrogens is 316 g/mol. The highest BCUT2D eigenvalue weighted by molar-refractivity contribution is 9.10. The lowest BCUT2D eigenvalue weighted by Crippen LogP contribution is -2.40. The summed E-state index contributed by atoms with van der Waals surface area (Å²) in [6.45, 7) is 0.277. The van der Waals surface area contributed by atoms with Gasteiger partial charge in [-0.1, -0.05) is 0 Å². The van der Waals surface area contributed by atoms with Gasteiger partial charge in [-0.25, -0.2) is 4.79 Å². The maximum atomic E-state index is 12.3. The summed E-state index contributed by atoms with van der Waals surface area (Å²) in [6, 6.07) is 0.769. The summed E-state index contributed by atoms with van der Waals surface area (Å²) in [5.41, 5.74) is 0.359. The summed E-state index contributed by atoms with van der Waals surface area (Å²) < 4.78 is 5.82. The smallest absolute Gasteiger partial charge is 0.326 e. The van der Waals surface area contributed by atoms with Gasteiger partial charge in [0.2, 0.25) is 0 Å². The molecule has 1 N–H and O–H groups in total. The van der Waals surface area contributed by atoms with Crippen molar-refractivity contribution in [1.82, 2.24) is 9.88 Å². The molecule has 2 atom stereocenters. The van der Waals surface area contributed by atoms with Gasteiger partial charge in [-0.3, -0.25) is 9.78 Å². The van der Waals surface area contributed by atoms with E-state index in [0.29, 0.717) is 16.5 Å². The fraction of sp³-hybridized carbons (Fsp3) is 0.417. The zero-order valence-electron chi connectivity index (χ0n) is 10.2. The van der Waals surface area contributed by atoms with Gasteiger partial charge in [0.1, 0.15) is 6.04 Å². The van der Waals surface area contributed by atoms with Crippen molar-refractivity contribution in [3.8, 4) is 0 Å². The second-order valence-corrected chi connectivity index (χ2v) is 5.21. The number of aliphatic carboxylic acids is 1. The fourth-order valence-electron chi connectivity index (χ4n) is 2.12. The summed E-state index contributed by atoms with van der Waals surface area (Å²) in [6.07, 6.45) is 3.04. The Balaban J connectivity index is 2.24. The summed E-state index contributed by atoms with van der Waals surface area (Å²) in [4.78, 5) is 28.8. The fourth-order valence-corrected chi connectivity index (χ4v) is 2.49. The number of carbonyl (C=O) groups is 2. The number of pyridine rings is 1. The van der Waals surface area contributed by atoms with E-state index >= 15 is 0 Å². The van der Waals surface area contributed by atoms with Crippen molar-refractivity contribution >= 4 is 27.8 Å². The summed E-state index contributed by atoms with van der Waals surface area (Å²) in [5, 5.41) is 9.17. The molecule has 1 fully saturated rings. The van der Waals surface area contributed by atoms with Crippen LogP contribution in [0, 0.1) is 0 Å². The van der Waals surface area contributed by atoms with Crippen LogP contribution < -0.4 is 0 Å². The van der Waals surface area contributed by atoms with Crippen LogP contribution in [-0.2, 0) is 9.53 Å². The molecule has 1 aliphatic heterocycles. The van der Waals surface area contributed by atoms with Gasteiger partial charge in [-0.15, -0.1) is 0 Å². The molecule has 1 saturated heterocycles. The summed E-state index contributed by atoms with van der Waals surface area (Å²) >= 11 is 3.23. The molecule has 7 heteroatoms. The molecule has 1 amide bonds. The Bertz CT molecular complexity index is 508. The van der Waals surface area contributed by atoms with E-state index in [9.17, 15) is 14.7 Å². The van der Waals surface area contributed by atoms with Crippen molar-refractivity contribution in [3.63, 3.8) is 0 Å². The van der Waals surface area contributed by atoms with E-state index in [0.717, 1.165) is 0 Å². The third-order valence-corrected chi connectivity index (χ3v) is 3.53. The van der Waals surface area contributed by atoms with Gasteiger partial charge in [0, 0.05) is 36.9 Å². The van der Waals surface area contributed by atoms with Crippen molar-refractivity contribution < 1.29 is 19.4 Å². The molecule has 0 radical (unpaired) electrons. The molecule has 2 heterocycles. The molecule has 0 aliphatic carbocycles. The molecule has 2 rings (SSSR count). The van der Waals surface area contributed by atoms with Gasteiger partial charge in [0.15, 0.2) is 0 Å². The molecule has 1 aromatic heterocycles. The number of carboxylic acids is 1. The first kappa shape index (κ1) is 14.0. The van der Waals surface area contributed by atoms with Crippen LogP contribution in [0.5, 0.6) is 0 Å². The molecule has 0 spiro atoms. The number of ether oxygens (including phenoxy) is 1. The Morgan fingerprint density at radius 1 is 1.53 bits per heavy atom. The van der Waals surface area contributed by atoms with Gasteiger partial charge < -0.3 is 14.7 Å². The zero-order chi connectivity index (χ0) is 14.0. The molecule has 102 valence electrons. The van der Waals surface area contributed by atoms with Crippen LogP contribution in [0.25, 0.3) is 0 Å². The van der Waals surface area contributed by atoms with Crippen molar-refractivity contribution in [2.45, 2.75) is 18.6 Å². The van der Waals surface area contributed by atoms with Crippen molar-refractivity contribution in [2.24, 2.45) is 0 Å². The van der Waals surface area contributed by atoms with Gasteiger partial charge in [0.25, 0.3) is 5.91 Å². The Morgan fingerprint density at radius 2 is 2.26 bits per heavy atom. The number of carboxylic acid groups (broad SMARTS) is 1. The number of nitrogens with zero attached hydrogens (tertiary/aromatic N) is 2. The minimum absolute atomic E-state index is 0.245. The lowest BCUT2D eigenvalue weighted by Gasteiger charge is -2.21. The minimum atomic E-state index is -1.02. The largest absolute Gasteiger partial charge is 0.480 e. The zero-order valence-corrected chi connectivity index (χ0v) is 11.8. The van der Waals surface area contributed by atoms with Crippen LogP contribution in [-0.4, -0.2) is 52.7 Å². The summed E-state index contributed by atoms with van der Waals surface area (Å²) in [7, 11) is 1.51. The monoisotopic (exact) mass is 328 g/mol. The quantitative estimate of drug-likeness (QED) is 0.900. The lowest BCUT2D eigenvalue weighted by molar-refractivity contribution is -0.141. The van der Waals surface area contributed by atoms with E-state index in [4.69, 9.17) is 4.74 Å². The number of aromatic nitrogens is 1. The predicted molar refractivity (Wildman–Crippen MR) is 69.8 cm³/mol. The highest BCUT2D eigenvalue weighted by Crippen LogP contribution is 2.23. The van der Waals surface area contributed by atoms with Gasteiger partial charge in [-0.05, 0) is 22.0 Å². The second kappa shape index (κ2) is 5.66. The van der Waals surface area contributed by atoms with Crippen LogP contribution in [0.3, 0.4) is 0 Å². The highest BCUT2D eigenvalue weighted by atomic mass is 79.9. The standard InChI is InChI=1S/C12H13BrN2O4/c1-19-9-3-10(12(17)18)15(6-9)11(16)7-2-8(13)5-14-4-7/h2,4-5,9-10H,3,6H2,1H3,(H,17,18). The number of halogens is 1. The van der Waals surface area contributed by atoms with Crippen LogP contribution in [0.1, 0.15) is 16.8 Å². The number of rotatable bonds is 3. The van der Waals surface area contributed by atoms with Crippen molar-refractivity contribution in [3.05, 3.63) is 28.5 Å². The Morgan fingerprint density at radius 3 is 2.84 bits per heavy atom. The van der Waals surface area contributed by atoms with Gasteiger partial charge >= 0.3 is 5.97 Å². The van der Waals surface area contributed by atoms with Crippen LogP contribution in [0.2, 0.25) is 0 Å². The molecule has 2 unspecified atom stereocenters. The number of hydrogen-bond acceptors (Lipinski definition) is 4. The SMILES string of the molecule is COC1CC(C(=O)O)N(C(=O)c2cncc(Br)c2)C1. The number of methoxy groups -OCH3 is 1. The second-order valence-electron chi connectivity index (χ2n) is 4.30. The highest BCUT2D eigenvalue weighted by Gasteiger charge is 2.40. The maximum absolute atomic E-state index is 12.3. The van der Waals surface area contributed by atoms with Crippen molar-refractivity contribution in [2.75, 3.05) is 13.7 Å². The number of hydrogen-bond donors (Lipinski definition) is 1. The predicted octanol–water partition coefficient (Wildman–Crippen LogP) is 1.16. The molecule has 1 aliphatic rings. The molecular formula is C12H13BrN2O4. The van der Waals surface area contributed by atoms with Crippen LogP contribution in [0.15, 0.2) is 22.9 Å². The van der Waals surface area contributed by atoms with E-state index in [1.54, 1.807) is 12.3 Å². The first-order chi connectivity index (χ1) is 9.02. The van der Waals surface area contributed by atoms with E-state index in [1.165, 1.54) is 18.2 Å². The number of likely N-dealkylation sites (tertiary alicyclic amines) is 1. The average molecular weight is 329 g/mol. The van der Waals surface area contributed by atoms with Crippen LogP contribution in [0.4, 0.5) is 0 Å². The first-order valence-corrected chi connectivity index (χ1v) is 6.49. The number of amides is 1. The number of carbonyl (C=O) groups excluding carboxylic acids is 1. The summed E-state index contributed by atoms with van der Waals surface area (Å²) in [5.74, 6) is -1.36. The van der Waals surface area contributed by atoms with Gasteiger partial charge in [0.05, 0.1) is 11.7 Å². The molecule has 6 nitrogen and oxygen atoms in total. The Labute approximate surface area is 118 Å². The van der Waals surface area contributed by atoms with Gasteiger partial charge in [-0.2, -0.15) is 0 Å². The first-order valence-electron chi connectivity index (χ1n) is 5.70. The van der Waals surface area contributed by atoms with E-state index in [-0.39, 0.29) is 18.6 Å². The normalized spacial score (nSPS) is 22.5. The lowest BCUT2D eigenvalue weighted by atomic mass is 10.2. The third-order valence-electron chi connectivity index (χ3n) is 3.09. The molecule has 0 aromatic carbocycles. The minimum Gasteiger partial charge on any atom is -0.480 e. The maximum Gasteiger partial charge on any atom is 0.326 e. The average Bonchev–Trinajstić information content (AvgIpc) is 2.82. The van der Waals surface area contributed by atoms with E-state index < -0.39 is 12.0 Å². The van der Waals surface area contributed by atoms with E-state index in [2.05, 4.69) is 20.9 Å². The van der Waals surface area contributed by atoms with E-state index in [1.807, 2.05) is 0 Å². The van der Waals surface area contributed by atoms with Crippen molar-refractivity contribution in [1.29, 1.82) is 0 Å². The Kier molecular flexibility index (Phi) is 4.16. The Hall–Kier alpha value is -1.47. The third kappa shape index (κ3) is 2.93. The molecule has 1 aromatic rings. The molecule has 19 heavy (non-hydrogen) atoms. The molecule has 0 saturated carbocycles. The molecule has 0 bridgehead atoms.